The lowest BCUT2D eigenvalue weighted by molar-refractivity contribution is -0.380. The van der Waals surface area contributed by atoms with E-state index in [1.165, 1.54) is 24.3 Å². The molecule has 3 rings (SSSR count). The molecule has 120 valence electrons. The molecule has 1 aromatic carbocycles. The van der Waals surface area contributed by atoms with Gasteiger partial charge in [0, 0.05) is 22.7 Å². The lowest BCUT2D eigenvalue weighted by Crippen LogP contribution is -2.32. The number of benzene rings is 1. The fourth-order valence-corrected chi connectivity index (χ4v) is 3.29. The molecule has 5 nitrogen and oxygen atoms in total. The molecule has 1 saturated carbocycles. The molecule has 1 amide bonds. The van der Waals surface area contributed by atoms with E-state index in [9.17, 15) is 19.3 Å². The molecular weight excluding hydrogens is 343 g/mol. The number of hydrogen-bond donors (Lipinski definition) is 0. The van der Waals surface area contributed by atoms with Crippen LogP contribution in [0.5, 0.6) is 0 Å². The zero-order valence-electron chi connectivity index (χ0n) is 11.9. The standard InChI is InChI=1S/C15H12ClFN2O3S/c16-11-2-1-3-12(17)10(11)8-18(9-4-5-9)15(20)13-6-7-14(23-13)19(21)22/h1-3,6-7,9H,4-5,8H2. The number of thiophene rings is 1. The van der Waals surface area contributed by atoms with Gasteiger partial charge in [0.2, 0.25) is 0 Å². The highest BCUT2D eigenvalue weighted by Gasteiger charge is 2.35. The van der Waals surface area contributed by atoms with Gasteiger partial charge in [0.25, 0.3) is 5.91 Å². The molecule has 0 spiro atoms. The van der Waals surface area contributed by atoms with E-state index in [-0.39, 0.29) is 39.0 Å². The second kappa shape index (κ2) is 6.25. The van der Waals surface area contributed by atoms with Gasteiger partial charge in [-0.3, -0.25) is 14.9 Å². The van der Waals surface area contributed by atoms with E-state index in [0.29, 0.717) is 0 Å². The van der Waals surface area contributed by atoms with Crippen molar-refractivity contribution in [3.05, 3.63) is 61.7 Å². The van der Waals surface area contributed by atoms with Crippen LogP contribution in [0, 0.1) is 15.9 Å². The first-order valence-corrected chi connectivity index (χ1v) is 8.15. The Kier molecular flexibility index (Phi) is 4.32. The Bertz CT molecular complexity index is 756. The Morgan fingerprint density at radius 1 is 1.39 bits per heavy atom. The molecule has 1 aliphatic carbocycles. The van der Waals surface area contributed by atoms with Crippen LogP contribution in [0.3, 0.4) is 0 Å². The first-order chi connectivity index (χ1) is 11.0. The summed E-state index contributed by atoms with van der Waals surface area (Å²) in [5, 5.41) is 10.9. The van der Waals surface area contributed by atoms with Crippen molar-refractivity contribution >= 4 is 33.8 Å². The normalized spacial score (nSPS) is 13.8. The monoisotopic (exact) mass is 354 g/mol. The Hall–Kier alpha value is -1.99. The Morgan fingerprint density at radius 2 is 2.13 bits per heavy atom. The minimum atomic E-state index is -0.531. The summed E-state index contributed by atoms with van der Waals surface area (Å²) in [5.41, 5.74) is 0.264. The van der Waals surface area contributed by atoms with E-state index in [1.807, 2.05) is 0 Å². The molecule has 2 aromatic rings. The molecule has 8 heteroatoms. The minimum Gasteiger partial charge on any atom is -0.330 e. The fourth-order valence-electron chi connectivity index (χ4n) is 2.29. The first-order valence-electron chi connectivity index (χ1n) is 6.95. The summed E-state index contributed by atoms with van der Waals surface area (Å²) in [6.45, 7) is 0.0563. The molecule has 1 fully saturated rings. The number of carbonyl (C=O) groups excluding carboxylic acids is 1. The highest BCUT2D eigenvalue weighted by molar-refractivity contribution is 7.17. The average Bonchev–Trinajstić information content (AvgIpc) is 3.21. The third-order valence-electron chi connectivity index (χ3n) is 3.62. The molecule has 23 heavy (non-hydrogen) atoms. The van der Waals surface area contributed by atoms with Crippen molar-refractivity contribution in [2.24, 2.45) is 0 Å². The van der Waals surface area contributed by atoms with Gasteiger partial charge >= 0.3 is 5.00 Å². The second-order valence-electron chi connectivity index (χ2n) is 5.26. The maximum absolute atomic E-state index is 14.0. The third kappa shape index (κ3) is 3.35. The van der Waals surface area contributed by atoms with Gasteiger partial charge in [0.1, 0.15) is 5.82 Å². The summed E-state index contributed by atoms with van der Waals surface area (Å²) in [6.07, 6.45) is 1.68. The maximum atomic E-state index is 14.0. The van der Waals surface area contributed by atoms with E-state index in [1.54, 1.807) is 11.0 Å². The number of halogens is 2. The van der Waals surface area contributed by atoms with E-state index >= 15 is 0 Å². The SMILES string of the molecule is O=C(c1ccc([N+](=O)[O-])s1)N(Cc1c(F)cccc1Cl)C1CC1. The molecule has 0 aliphatic heterocycles. The van der Waals surface area contributed by atoms with Crippen LogP contribution in [0.15, 0.2) is 30.3 Å². The molecule has 0 unspecified atom stereocenters. The molecular formula is C15H12ClFN2O3S. The summed E-state index contributed by atoms with van der Waals surface area (Å²) < 4.78 is 14.0. The lowest BCUT2D eigenvalue weighted by Gasteiger charge is -2.22. The van der Waals surface area contributed by atoms with Gasteiger partial charge < -0.3 is 4.90 Å². The maximum Gasteiger partial charge on any atom is 0.324 e. The molecule has 1 aromatic heterocycles. The highest BCUT2D eigenvalue weighted by Crippen LogP contribution is 2.34. The van der Waals surface area contributed by atoms with Gasteiger partial charge in [-0.05, 0) is 31.0 Å². The van der Waals surface area contributed by atoms with Crippen LogP contribution < -0.4 is 0 Å². The Morgan fingerprint density at radius 3 is 2.70 bits per heavy atom. The van der Waals surface area contributed by atoms with Crippen LogP contribution in [0.1, 0.15) is 28.1 Å². The van der Waals surface area contributed by atoms with Gasteiger partial charge in [0.05, 0.1) is 16.3 Å². The van der Waals surface area contributed by atoms with E-state index < -0.39 is 10.7 Å². The molecule has 0 N–H and O–H groups in total. The zero-order chi connectivity index (χ0) is 16.6. The predicted octanol–water partition coefficient (Wildman–Crippen LogP) is 4.25. The summed E-state index contributed by atoms with van der Waals surface area (Å²) in [5.74, 6) is -0.793. The van der Waals surface area contributed by atoms with Crippen LogP contribution in [0.25, 0.3) is 0 Å². The average molecular weight is 355 g/mol. The van der Waals surface area contributed by atoms with Crippen molar-refractivity contribution in [1.29, 1.82) is 0 Å². The number of carbonyl (C=O) groups is 1. The molecule has 0 bridgehead atoms. The fraction of sp³-hybridized carbons (Fsp3) is 0.267. The van der Waals surface area contributed by atoms with Crippen molar-refractivity contribution in [3.8, 4) is 0 Å². The van der Waals surface area contributed by atoms with Gasteiger partial charge in [-0.2, -0.15) is 0 Å². The lowest BCUT2D eigenvalue weighted by atomic mass is 10.2. The third-order valence-corrected chi connectivity index (χ3v) is 5.00. The number of amides is 1. The van der Waals surface area contributed by atoms with Crippen molar-refractivity contribution in [2.45, 2.75) is 25.4 Å². The molecule has 1 aliphatic rings. The largest absolute Gasteiger partial charge is 0.330 e. The second-order valence-corrected chi connectivity index (χ2v) is 6.73. The van der Waals surface area contributed by atoms with Crippen molar-refractivity contribution in [2.75, 3.05) is 0 Å². The van der Waals surface area contributed by atoms with Gasteiger partial charge in [0.15, 0.2) is 0 Å². The summed E-state index contributed by atoms with van der Waals surface area (Å²) in [6, 6.07) is 7.15. The molecule has 0 radical (unpaired) electrons. The number of rotatable bonds is 5. The van der Waals surface area contributed by atoms with Crippen LogP contribution in [-0.2, 0) is 6.54 Å². The van der Waals surface area contributed by atoms with Crippen LogP contribution in [0.2, 0.25) is 5.02 Å². The van der Waals surface area contributed by atoms with E-state index in [2.05, 4.69) is 0 Å². The number of hydrogen-bond acceptors (Lipinski definition) is 4. The quantitative estimate of drug-likeness (QED) is 0.595. The summed E-state index contributed by atoms with van der Waals surface area (Å²) in [7, 11) is 0. The number of nitro groups is 1. The molecule has 0 saturated heterocycles. The van der Waals surface area contributed by atoms with Gasteiger partial charge in [-0.15, -0.1) is 0 Å². The van der Waals surface area contributed by atoms with Crippen molar-refractivity contribution in [1.82, 2.24) is 4.90 Å². The molecule has 1 heterocycles. The summed E-state index contributed by atoms with van der Waals surface area (Å²) in [4.78, 5) is 24.7. The highest BCUT2D eigenvalue weighted by atomic mass is 35.5. The zero-order valence-corrected chi connectivity index (χ0v) is 13.4. The van der Waals surface area contributed by atoms with E-state index in [4.69, 9.17) is 11.6 Å². The first kappa shape index (κ1) is 15.9. The van der Waals surface area contributed by atoms with Crippen LogP contribution in [-0.4, -0.2) is 21.8 Å². The Balaban J connectivity index is 1.86. The summed E-state index contributed by atoms with van der Waals surface area (Å²) >= 11 is 6.85. The smallest absolute Gasteiger partial charge is 0.324 e. The Labute approximate surface area is 140 Å². The van der Waals surface area contributed by atoms with Crippen LogP contribution in [0.4, 0.5) is 9.39 Å². The van der Waals surface area contributed by atoms with E-state index in [0.717, 1.165) is 24.2 Å². The minimum absolute atomic E-state index is 0.0272. The van der Waals surface area contributed by atoms with Crippen LogP contribution >= 0.6 is 22.9 Å². The van der Waals surface area contributed by atoms with Gasteiger partial charge in [-0.25, -0.2) is 4.39 Å². The topological polar surface area (TPSA) is 63.4 Å². The van der Waals surface area contributed by atoms with Gasteiger partial charge in [-0.1, -0.05) is 29.0 Å². The number of nitrogens with zero attached hydrogens (tertiary/aromatic N) is 2. The molecule has 0 atom stereocenters. The van der Waals surface area contributed by atoms with Crippen molar-refractivity contribution in [3.63, 3.8) is 0 Å². The predicted molar refractivity (Wildman–Crippen MR) is 85.3 cm³/mol. The van der Waals surface area contributed by atoms with Crippen molar-refractivity contribution < 1.29 is 14.1 Å².